The van der Waals surface area contributed by atoms with Crippen LogP contribution in [0.25, 0.3) is 0 Å². The second-order valence-electron chi connectivity index (χ2n) is 6.28. The van der Waals surface area contributed by atoms with Crippen LogP contribution < -0.4 is 10.2 Å². The first-order chi connectivity index (χ1) is 10.6. The van der Waals surface area contributed by atoms with E-state index in [4.69, 9.17) is 0 Å². The molecule has 3 heterocycles. The van der Waals surface area contributed by atoms with Crippen LogP contribution in [-0.4, -0.2) is 50.8 Å². The van der Waals surface area contributed by atoms with E-state index in [1.165, 1.54) is 18.9 Å². The van der Waals surface area contributed by atoms with E-state index in [1.54, 1.807) is 0 Å². The van der Waals surface area contributed by atoms with E-state index in [2.05, 4.69) is 20.2 Å². The first-order valence-corrected chi connectivity index (χ1v) is 9.97. The molecule has 0 bridgehead atoms. The number of piperidine rings is 2. The van der Waals surface area contributed by atoms with Crippen LogP contribution in [0.5, 0.6) is 0 Å². The summed E-state index contributed by atoms with van der Waals surface area (Å²) in [5.41, 5.74) is 0.699. The Morgan fingerprint density at radius 3 is 2.57 bits per heavy atom. The number of hydrogen-bond acceptors (Lipinski definition) is 6. The van der Waals surface area contributed by atoms with Gasteiger partial charge >= 0.3 is 0 Å². The minimum atomic E-state index is -3.30. The minimum absolute atomic E-state index is 0. The summed E-state index contributed by atoms with van der Waals surface area (Å²) in [5, 5.41) is 3.34. The molecule has 1 unspecified atom stereocenters. The third-order valence-electron chi connectivity index (χ3n) is 4.49. The molecule has 1 aromatic heterocycles. The molecule has 2 aliphatic heterocycles. The Kier molecular flexibility index (Phi) is 6.22. The highest BCUT2D eigenvalue weighted by molar-refractivity contribution is 7.90. The van der Waals surface area contributed by atoms with Crippen LogP contribution in [0.2, 0.25) is 0 Å². The number of nitrogens with zero attached hydrogens (tertiary/aromatic N) is 3. The van der Waals surface area contributed by atoms with Gasteiger partial charge in [0.1, 0.15) is 4.90 Å². The average Bonchev–Trinajstić information content (AvgIpc) is 2.55. The maximum absolute atomic E-state index is 12.1. The number of aromatic nitrogens is 2. The van der Waals surface area contributed by atoms with Gasteiger partial charge in [-0.2, -0.15) is 0 Å². The molecule has 2 aliphatic rings. The summed E-state index contributed by atoms with van der Waals surface area (Å²) < 4.78 is 24.1. The van der Waals surface area contributed by atoms with Gasteiger partial charge in [0.15, 0.2) is 9.84 Å². The minimum Gasteiger partial charge on any atom is -0.341 e. The van der Waals surface area contributed by atoms with Gasteiger partial charge in [-0.1, -0.05) is 0 Å². The summed E-state index contributed by atoms with van der Waals surface area (Å²) in [4.78, 5) is 11.5. The van der Waals surface area contributed by atoms with Crippen molar-refractivity contribution in [3.05, 3.63) is 11.9 Å². The van der Waals surface area contributed by atoms with Gasteiger partial charge < -0.3 is 10.2 Å². The van der Waals surface area contributed by atoms with Crippen molar-refractivity contribution in [3.8, 4) is 0 Å². The molecule has 0 aliphatic carbocycles. The lowest BCUT2D eigenvalue weighted by atomic mass is 9.96. The second-order valence-corrected chi connectivity index (χ2v) is 8.27. The molecule has 0 aromatic carbocycles. The normalized spacial score (nSPS) is 22.5. The van der Waals surface area contributed by atoms with Crippen molar-refractivity contribution < 1.29 is 8.42 Å². The summed E-state index contributed by atoms with van der Waals surface area (Å²) in [6.07, 6.45) is 8.33. The molecule has 3 rings (SSSR count). The summed E-state index contributed by atoms with van der Waals surface area (Å²) in [5.74, 6) is 0.845. The highest BCUT2D eigenvalue weighted by Crippen LogP contribution is 2.29. The Hall–Kier alpha value is -0.920. The van der Waals surface area contributed by atoms with Crippen molar-refractivity contribution in [3.63, 3.8) is 0 Å². The van der Waals surface area contributed by atoms with E-state index >= 15 is 0 Å². The number of nitrogens with one attached hydrogen (secondary N) is 1. The zero-order chi connectivity index (χ0) is 15.6. The van der Waals surface area contributed by atoms with Gasteiger partial charge in [-0.3, -0.25) is 0 Å². The first kappa shape index (κ1) is 18.4. The molecule has 0 spiro atoms. The molecular formula is C15H25ClN4O2S. The van der Waals surface area contributed by atoms with Crippen molar-refractivity contribution in [2.75, 3.05) is 37.3 Å². The lowest BCUT2D eigenvalue weighted by Gasteiger charge is -2.29. The Morgan fingerprint density at radius 2 is 1.96 bits per heavy atom. The molecule has 0 amide bonds. The predicted molar refractivity (Wildman–Crippen MR) is 93.3 cm³/mol. The number of rotatable bonds is 3. The summed E-state index contributed by atoms with van der Waals surface area (Å²) >= 11 is 0. The Bertz CT molecular complexity index is 626. The Balaban J connectivity index is 0.00000192. The predicted octanol–water partition coefficient (Wildman–Crippen LogP) is 1.76. The molecular weight excluding hydrogens is 336 g/mol. The van der Waals surface area contributed by atoms with E-state index in [9.17, 15) is 8.42 Å². The quantitative estimate of drug-likeness (QED) is 0.885. The monoisotopic (exact) mass is 360 g/mol. The summed E-state index contributed by atoms with van der Waals surface area (Å²) in [6, 6.07) is 0. The number of anilines is 1. The number of sulfone groups is 1. The fraction of sp³-hybridized carbons (Fsp3) is 0.733. The molecule has 2 saturated heterocycles. The topological polar surface area (TPSA) is 75.2 Å². The van der Waals surface area contributed by atoms with Crippen LogP contribution >= 0.6 is 12.4 Å². The van der Waals surface area contributed by atoms with Crippen LogP contribution in [0.1, 0.15) is 43.7 Å². The smallest absolute Gasteiger partial charge is 0.225 e. The van der Waals surface area contributed by atoms with Crippen LogP contribution in [-0.2, 0) is 9.84 Å². The van der Waals surface area contributed by atoms with Crippen molar-refractivity contribution in [1.82, 2.24) is 15.3 Å². The molecule has 23 heavy (non-hydrogen) atoms. The molecule has 1 aromatic rings. The first-order valence-electron chi connectivity index (χ1n) is 8.08. The molecule has 8 heteroatoms. The van der Waals surface area contributed by atoms with Crippen molar-refractivity contribution in [2.45, 2.75) is 42.9 Å². The van der Waals surface area contributed by atoms with Gasteiger partial charge in [0.25, 0.3) is 0 Å². The van der Waals surface area contributed by atoms with Gasteiger partial charge in [-0.05, 0) is 38.6 Å². The highest BCUT2D eigenvalue weighted by atomic mass is 35.5. The molecule has 1 N–H and O–H groups in total. The molecule has 1 atom stereocenters. The van der Waals surface area contributed by atoms with Gasteiger partial charge in [-0.25, -0.2) is 18.4 Å². The van der Waals surface area contributed by atoms with Crippen molar-refractivity contribution in [1.29, 1.82) is 0 Å². The maximum Gasteiger partial charge on any atom is 0.225 e. The van der Waals surface area contributed by atoms with Gasteiger partial charge in [0.05, 0.1) is 11.9 Å². The zero-order valence-corrected chi connectivity index (χ0v) is 15.1. The van der Waals surface area contributed by atoms with E-state index < -0.39 is 9.84 Å². The Labute approximate surface area is 144 Å². The molecule has 6 nitrogen and oxygen atoms in total. The van der Waals surface area contributed by atoms with E-state index in [1.807, 2.05) is 0 Å². The lowest BCUT2D eigenvalue weighted by Crippen LogP contribution is -2.33. The van der Waals surface area contributed by atoms with Gasteiger partial charge in [-0.15, -0.1) is 12.4 Å². The summed E-state index contributed by atoms with van der Waals surface area (Å²) in [6.45, 7) is 3.70. The SMILES string of the molecule is CS(=O)(=O)c1cnc(N2CCCCC2)nc1C1CCCNC1.Cl. The maximum atomic E-state index is 12.1. The molecule has 2 fully saturated rings. The van der Waals surface area contributed by atoms with E-state index in [0.717, 1.165) is 51.9 Å². The van der Waals surface area contributed by atoms with E-state index in [-0.39, 0.29) is 18.3 Å². The fourth-order valence-electron chi connectivity index (χ4n) is 3.28. The Morgan fingerprint density at radius 1 is 1.22 bits per heavy atom. The van der Waals surface area contributed by atoms with Crippen LogP contribution in [0, 0.1) is 0 Å². The standard InChI is InChI=1S/C15H24N4O2S.ClH/c1-22(20,21)13-11-17-15(19-8-3-2-4-9-19)18-14(13)12-6-5-7-16-10-12;/h11-12,16H,2-10H2,1H3;1H. The summed E-state index contributed by atoms with van der Waals surface area (Å²) in [7, 11) is -3.30. The van der Waals surface area contributed by atoms with Crippen LogP contribution in [0.15, 0.2) is 11.1 Å². The van der Waals surface area contributed by atoms with E-state index in [0.29, 0.717) is 16.5 Å². The second kappa shape index (κ2) is 7.77. The fourth-order valence-corrected chi connectivity index (χ4v) is 4.12. The molecule has 0 radical (unpaired) electrons. The van der Waals surface area contributed by atoms with Crippen LogP contribution in [0.3, 0.4) is 0 Å². The third-order valence-corrected chi connectivity index (χ3v) is 5.61. The van der Waals surface area contributed by atoms with Gasteiger partial charge in [0, 0.05) is 31.8 Å². The van der Waals surface area contributed by atoms with Crippen molar-refractivity contribution >= 4 is 28.2 Å². The highest BCUT2D eigenvalue weighted by Gasteiger charge is 2.26. The van der Waals surface area contributed by atoms with Crippen molar-refractivity contribution in [2.24, 2.45) is 0 Å². The van der Waals surface area contributed by atoms with Crippen LogP contribution in [0.4, 0.5) is 5.95 Å². The zero-order valence-electron chi connectivity index (χ0n) is 13.5. The third kappa shape index (κ3) is 4.33. The molecule has 130 valence electrons. The largest absolute Gasteiger partial charge is 0.341 e. The molecule has 0 saturated carbocycles. The number of halogens is 1. The average molecular weight is 361 g/mol. The lowest BCUT2D eigenvalue weighted by molar-refractivity contribution is 0.447. The number of hydrogen-bond donors (Lipinski definition) is 1. The van der Waals surface area contributed by atoms with Gasteiger partial charge in [0.2, 0.25) is 5.95 Å².